The topological polar surface area (TPSA) is 80.9 Å². The number of hydrogen-bond acceptors (Lipinski definition) is 4. The predicted molar refractivity (Wildman–Crippen MR) is 53.5 cm³/mol. The van der Waals surface area contributed by atoms with Gasteiger partial charge in [0.05, 0.1) is 0 Å². The van der Waals surface area contributed by atoms with Gasteiger partial charge >= 0.3 is 0 Å². The largest absolute Gasteiger partial charge is 0.325 e. The van der Waals surface area contributed by atoms with Crippen LogP contribution in [-0.2, 0) is 4.79 Å². The van der Waals surface area contributed by atoms with Crippen molar-refractivity contribution in [2.75, 3.05) is 5.32 Å². The van der Waals surface area contributed by atoms with Gasteiger partial charge in [-0.05, 0) is 19.9 Å². The zero-order chi connectivity index (χ0) is 10.6. The van der Waals surface area contributed by atoms with Crippen LogP contribution in [0.3, 0.4) is 0 Å². The number of hydrogen-bond donors (Lipinski definition) is 2. The summed E-state index contributed by atoms with van der Waals surface area (Å²) in [6.45, 7) is 3.60. The molecule has 0 bridgehead atoms. The van der Waals surface area contributed by atoms with Crippen LogP contribution in [0, 0.1) is 0 Å². The van der Waals surface area contributed by atoms with Gasteiger partial charge in [0, 0.05) is 18.2 Å². The summed E-state index contributed by atoms with van der Waals surface area (Å²) in [7, 11) is 0. The molecule has 0 aliphatic carbocycles. The molecule has 0 atom stereocenters. The third-order valence-electron chi connectivity index (χ3n) is 1.47. The average Bonchev–Trinajstić information content (AvgIpc) is 2.02. The van der Waals surface area contributed by atoms with Crippen LogP contribution in [-0.4, -0.2) is 21.4 Å². The van der Waals surface area contributed by atoms with Gasteiger partial charge in [-0.25, -0.2) is 9.97 Å². The number of nitrogens with two attached hydrogens (primary N) is 1. The third-order valence-corrected chi connectivity index (χ3v) is 1.47. The number of amides is 1. The van der Waals surface area contributed by atoms with E-state index in [1.165, 1.54) is 6.33 Å². The Morgan fingerprint density at radius 2 is 2.36 bits per heavy atom. The van der Waals surface area contributed by atoms with Crippen molar-refractivity contribution in [3.05, 3.63) is 18.6 Å². The van der Waals surface area contributed by atoms with Crippen molar-refractivity contribution >= 4 is 11.7 Å². The smallest absolute Gasteiger partial charge is 0.227 e. The highest BCUT2D eigenvalue weighted by atomic mass is 16.1. The lowest BCUT2D eigenvalue weighted by Crippen LogP contribution is -2.36. The predicted octanol–water partition coefficient (Wildman–Crippen LogP) is 0.542. The molecule has 0 saturated heterocycles. The van der Waals surface area contributed by atoms with E-state index in [0.29, 0.717) is 5.82 Å². The fraction of sp³-hybridized carbons (Fsp3) is 0.444. The molecule has 0 unspecified atom stereocenters. The molecule has 1 amide bonds. The molecule has 14 heavy (non-hydrogen) atoms. The number of nitrogens with one attached hydrogen (secondary N) is 1. The van der Waals surface area contributed by atoms with Crippen LogP contribution >= 0.6 is 0 Å². The van der Waals surface area contributed by atoms with E-state index in [4.69, 9.17) is 5.73 Å². The van der Waals surface area contributed by atoms with Gasteiger partial charge < -0.3 is 11.1 Å². The highest BCUT2D eigenvalue weighted by molar-refractivity contribution is 5.90. The van der Waals surface area contributed by atoms with Gasteiger partial charge in [0.15, 0.2) is 0 Å². The molecular weight excluding hydrogens is 180 g/mol. The monoisotopic (exact) mass is 194 g/mol. The second kappa shape index (κ2) is 4.15. The SMILES string of the molecule is CC(C)(N)CC(=O)Nc1ccncn1. The number of nitrogens with zero attached hydrogens (tertiary/aromatic N) is 2. The van der Waals surface area contributed by atoms with Gasteiger partial charge in [-0.2, -0.15) is 0 Å². The number of carbonyl (C=O) groups excluding carboxylic acids is 1. The third kappa shape index (κ3) is 3.95. The summed E-state index contributed by atoms with van der Waals surface area (Å²) in [5.41, 5.74) is 5.19. The maximum atomic E-state index is 11.4. The molecular formula is C9H14N4O. The average molecular weight is 194 g/mol. The highest BCUT2D eigenvalue weighted by Crippen LogP contribution is 2.06. The van der Waals surface area contributed by atoms with E-state index >= 15 is 0 Å². The summed E-state index contributed by atoms with van der Waals surface area (Å²) in [5.74, 6) is 0.352. The molecule has 0 fully saturated rings. The first-order valence-corrected chi connectivity index (χ1v) is 4.32. The maximum Gasteiger partial charge on any atom is 0.227 e. The minimum absolute atomic E-state index is 0.142. The van der Waals surface area contributed by atoms with Gasteiger partial charge in [0.25, 0.3) is 0 Å². The summed E-state index contributed by atoms with van der Waals surface area (Å²) in [6.07, 6.45) is 3.20. The minimum Gasteiger partial charge on any atom is -0.325 e. The van der Waals surface area contributed by atoms with E-state index < -0.39 is 5.54 Å². The van der Waals surface area contributed by atoms with Crippen molar-refractivity contribution in [2.24, 2.45) is 5.73 Å². The maximum absolute atomic E-state index is 11.4. The Bertz CT molecular complexity index is 304. The first-order valence-electron chi connectivity index (χ1n) is 4.32. The normalized spacial score (nSPS) is 11.1. The lowest BCUT2D eigenvalue weighted by molar-refractivity contribution is -0.117. The lowest BCUT2D eigenvalue weighted by Gasteiger charge is -2.17. The molecule has 0 spiro atoms. The summed E-state index contributed by atoms with van der Waals surface area (Å²) >= 11 is 0. The van der Waals surface area contributed by atoms with E-state index in [9.17, 15) is 4.79 Å². The van der Waals surface area contributed by atoms with Crippen molar-refractivity contribution in [3.8, 4) is 0 Å². The van der Waals surface area contributed by atoms with Crippen LogP contribution in [0.5, 0.6) is 0 Å². The van der Waals surface area contributed by atoms with E-state index in [2.05, 4.69) is 15.3 Å². The molecule has 5 nitrogen and oxygen atoms in total. The molecule has 0 saturated carbocycles. The minimum atomic E-state index is -0.503. The quantitative estimate of drug-likeness (QED) is 0.736. The molecule has 0 radical (unpaired) electrons. The van der Waals surface area contributed by atoms with Crippen LogP contribution in [0.2, 0.25) is 0 Å². The second-order valence-electron chi connectivity index (χ2n) is 3.81. The Morgan fingerprint density at radius 1 is 1.64 bits per heavy atom. The molecule has 3 N–H and O–H groups in total. The summed E-state index contributed by atoms with van der Waals surface area (Å²) in [6, 6.07) is 1.63. The number of anilines is 1. The Labute approximate surface area is 82.7 Å². The number of aromatic nitrogens is 2. The summed E-state index contributed by atoms with van der Waals surface area (Å²) in [5, 5.41) is 2.63. The van der Waals surface area contributed by atoms with E-state index in [1.54, 1.807) is 26.1 Å². The van der Waals surface area contributed by atoms with Crippen molar-refractivity contribution < 1.29 is 4.79 Å². The standard InChI is InChI=1S/C9H14N4O/c1-9(2,10)5-8(14)13-7-3-4-11-6-12-7/h3-4,6H,5,10H2,1-2H3,(H,11,12,13,14). The van der Waals surface area contributed by atoms with Gasteiger partial charge in [-0.3, -0.25) is 4.79 Å². The van der Waals surface area contributed by atoms with E-state index in [1.807, 2.05) is 0 Å². The molecule has 1 rings (SSSR count). The van der Waals surface area contributed by atoms with Crippen molar-refractivity contribution in [3.63, 3.8) is 0 Å². The van der Waals surface area contributed by atoms with Crippen LogP contribution in [0.4, 0.5) is 5.82 Å². The molecule has 0 aliphatic rings. The Morgan fingerprint density at radius 3 is 2.86 bits per heavy atom. The van der Waals surface area contributed by atoms with Crippen LogP contribution in [0.25, 0.3) is 0 Å². The Hall–Kier alpha value is -1.49. The molecule has 0 aliphatic heterocycles. The number of carbonyl (C=O) groups is 1. The van der Waals surface area contributed by atoms with Gasteiger partial charge in [0.2, 0.25) is 5.91 Å². The Balaban J connectivity index is 2.50. The van der Waals surface area contributed by atoms with Crippen molar-refractivity contribution in [1.82, 2.24) is 9.97 Å². The van der Waals surface area contributed by atoms with Crippen molar-refractivity contribution in [1.29, 1.82) is 0 Å². The molecule has 1 aromatic rings. The zero-order valence-corrected chi connectivity index (χ0v) is 8.32. The van der Waals surface area contributed by atoms with E-state index in [-0.39, 0.29) is 12.3 Å². The lowest BCUT2D eigenvalue weighted by atomic mass is 10.0. The second-order valence-corrected chi connectivity index (χ2v) is 3.81. The fourth-order valence-electron chi connectivity index (χ4n) is 0.965. The molecule has 1 aromatic heterocycles. The van der Waals surface area contributed by atoms with Crippen LogP contribution in [0.1, 0.15) is 20.3 Å². The van der Waals surface area contributed by atoms with Gasteiger partial charge in [-0.1, -0.05) is 0 Å². The van der Waals surface area contributed by atoms with Crippen molar-refractivity contribution in [2.45, 2.75) is 25.8 Å². The van der Waals surface area contributed by atoms with Crippen LogP contribution < -0.4 is 11.1 Å². The fourth-order valence-corrected chi connectivity index (χ4v) is 0.965. The molecule has 1 heterocycles. The summed E-state index contributed by atoms with van der Waals surface area (Å²) in [4.78, 5) is 19.0. The molecule has 0 aromatic carbocycles. The molecule has 5 heteroatoms. The zero-order valence-electron chi connectivity index (χ0n) is 8.32. The van der Waals surface area contributed by atoms with Gasteiger partial charge in [-0.15, -0.1) is 0 Å². The summed E-state index contributed by atoms with van der Waals surface area (Å²) < 4.78 is 0. The highest BCUT2D eigenvalue weighted by Gasteiger charge is 2.16. The number of rotatable bonds is 3. The molecule has 76 valence electrons. The van der Waals surface area contributed by atoms with Crippen LogP contribution in [0.15, 0.2) is 18.6 Å². The van der Waals surface area contributed by atoms with E-state index in [0.717, 1.165) is 0 Å². The first-order chi connectivity index (χ1) is 6.47. The Kier molecular flexibility index (Phi) is 3.14. The first kappa shape index (κ1) is 10.6. The van der Waals surface area contributed by atoms with Gasteiger partial charge in [0.1, 0.15) is 12.1 Å².